The Bertz CT molecular complexity index is 256. The Morgan fingerprint density at radius 2 is 1.16 bits per heavy atom. The summed E-state index contributed by atoms with van der Waals surface area (Å²) in [5, 5.41) is 0. The summed E-state index contributed by atoms with van der Waals surface area (Å²) in [4.78, 5) is 0. The van der Waals surface area contributed by atoms with Gasteiger partial charge in [-0.3, -0.25) is 0 Å². The third-order valence-electron chi connectivity index (χ3n) is 1.43. The quantitative estimate of drug-likeness (QED) is 0.376. The topological polar surface area (TPSA) is 0 Å². The molecular weight excluding hydrogens is 228 g/mol. The minimum atomic E-state index is 1.13. The van der Waals surface area contributed by atoms with Crippen LogP contribution in [0.1, 0.15) is 48.5 Å². The van der Waals surface area contributed by atoms with Crippen molar-refractivity contribution in [2.24, 2.45) is 0 Å². The Morgan fingerprint density at radius 3 is 1.42 bits per heavy atom. The fourth-order valence-electron chi connectivity index (χ4n) is 0.674. The van der Waals surface area contributed by atoms with E-state index in [2.05, 4.69) is 13.2 Å². The van der Waals surface area contributed by atoms with Crippen molar-refractivity contribution in [2.75, 3.05) is 0 Å². The SMILES string of the molecule is C/C=C\C.C=C/C=C/C(/C=C\C)=C/C=C.CC.CC. The molecule has 0 aliphatic heterocycles. The van der Waals surface area contributed by atoms with Gasteiger partial charge in [0.2, 0.25) is 0 Å². The van der Waals surface area contributed by atoms with Crippen LogP contribution in [0.3, 0.4) is 0 Å². The van der Waals surface area contributed by atoms with Gasteiger partial charge in [0.1, 0.15) is 0 Å². The van der Waals surface area contributed by atoms with Crippen LogP contribution in [0.5, 0.6) is 0 Å². The lowest BCUT2D eigenvalue weighted by molar-refractivity contribution is 1.50. The van der Waals surface area contributed by atoms with Gasteiger partial charge >= 0.3 is 0 Å². The van der Waals surface area contributed by atoms with Gasteiger partial charge in [-0.25, -0.2) is 0 Å². The second kappa shape index (κ2) is 36.0. The molecule has 0 rings (SSSR count). The number of allylic oxidation sites excluding steroid dienone is 10. The standard InChI is InChI=1S/C11H14.C4H8.2C2H6/c1-4-7-10-11(8-5-2)9-6-3;1-3-4-2;2*1-2/h4-10H,1-2H2,3H3;3-4H,1-2H3;2*1-2H3/b9-6-,10-7+,11-8+;4-3-;;. The maximum atomic E-state index is 3.62. The van der Waals surface area contributed by atoms with E-state index in [1.54, 1.807) is 12.2 Å². The molecule has 0 fully saturated rings. The maximum Gasteiger partial charge on any atom is -0.0260 e. The van der Waals surface area contributed by atoms with E-state index in [4.69, 9.17) is 0 Å². The molecule has 19 heavy (non-hydrogen) atoms. The minimum absolute atomic E-state index is 1.13. The predicted octanol–water partition coefficient (Wildman–Crippen LogP) is 7.05. The van der Waals surface area contributed by atoms with Crippen molar-refractivity contribution in [1.29, 1.82) is 0 Å². The first-order valence-electron chi connectivity index (χ1n) is 7.08. The van der Waals surface area contributed by atoms with Crippen molar-refractivity contribution in [3.63, 3.8) is 0 Å². The lowest BCUT2D eigenvalue weighted by atomic mass is 10.2. The lowest BCUT2D eigenvalue weighted by Gasteiger charge is -1.88. The van der Waals surface area contributed by atoms with Crippen LogP contribution < -0.4 is 0 Å². The molecule has 0 atom stereocenters. The molecule has 0 aromatic rings. The summed E-state index contributed by atoms with van der Waals surface area (Å²) in [6.07, 6.45) is 17.3. The Kier molecular flexibility index (Phi) is 49.4. The van der Waals surface area contributed by atoms with E-state index in [1.165, 1.54) is 0 Å². The fraction of sp³-hybridized carbons (Fsp3) is 0.368. The number of hydrogen-bond donors (Lipinski definition) is 0. The highest BCUT2D eigenvalue weighted by atomic mass is 13.8. The smallest absolute Gasteiger partial charge is 0.0260 e. The molecule has 0 bridgehead atoms. The normalized spacial score (nSPS) is 9.95. The highest BCUT2D eigenvalue weighted by Gasteiger charge is 1.78. The maximum absolute atomic E-state index is 3.62. The van der Waals surface area contributed by atoms with Crippen molar-refractivity contribution in [3.05, 3.63) is 73.4 Å². The summed E-state index contributed by atoms with van der Waals surface area (Å²) in [7, 11) is 0. The average molecular weight is 262 g/mol. The van der Waals surface area contributed by atoms with Crippen LogP contribution in [0.15, 0.2) is 73.4 Å². The van der Waals surface area contributed by atoms with E-state index in [9.17, 15) is 0 Å². The highest BCUT2D eigenvalue weighted by Crippen LogP contribution is 1.99. The molecule has 0 saturated carbocycles. The zero-order valence-corrected chi connectivity index (χ0v) is 14.1. The fourth-order valence-corrected chi connectivity index (χ4v) is 0.674. The van der Waals surface area contributed by atoms with Crippen LogP contribution in [0, 0.1) is 0 Å². The Balaban J connectivity index is -0.000000118. The number of rotatable bonds is 4. The Labute approximate surface area is 122 Å². The first-order chi connectivity index (χ1) is 9.26. The van der Waals surface area contributed by atoms with E-state index in [0.29, 0.717) is 0 Å². The first kappa shape index (κ1) is 26.1. The van der Waals surface area contributed by atoms with Gasteiger partial charge in [-0.15, -0.1) is 0 Å². The van der Waals surface area contributed by atoms with Crippen LogP contribution in [-0.4, -0.2) is 0 Å². The van der Waals surface area contributed by atoms with Crippen LogP contribution in [0.4, 0.5) is 0 Å². The molecular formula is C19H34. The zero-order chi connectivity index (χ0) is 15.9. The molecule has 0 heteroatoms. The largest absolute Gasteiger partial charge is 0.0991 e. The number of hydrogen-bond acceptors (Lipinski definition) is 0. The summed E-state index contributed by atoms with van der Waals surface area (Å²) in [5.41, 5.74) is 1.13. The highest BCUT2D eigenvalue weighted by molar-refractivity contribution is 5.34. The third-order valence-corrected chi connectivity index (χ3v) is 1.43. The molecule has 0 aliphatic carbocycles. The second-order valence-corrected chi connectivity index (χ2v) is 2.66. The van der Waals surface area contributed by atoms with Crippen molar-refractivity contribution in [3.8, 4) is 0 Å². The lowest BCUT2D eigenvalue weighted by Crippen LogP contribution is -1.67. The van der Waals surface area contributed by atoms with Crippen molar-refractivity contribution in [1.82, 2.24) is 0 Å². The third kappa shape index (κ3) is 38.5. The van der Waals surface area contributed by atoms with Crippen LogP contribution in [0.2, 0.25) is 0 Å². The predicted molar refractivity (Wildman–Crippen MR) is 95.6 cm³/mol. The molecule has 0 radical (unpaired) electrons. The van der Waals surface area contributed by atoms with Gasteiger partial charge in [0, 0.05) is 0 Å². The molecule has 0 heterocycles. The van der Waals surface area contributed by atoms with E-state index < -0.39 is 0 Å². The van der Waals surface area contributed by atoms with Crippen LogP contribution in [-0.2, 0) is 0 Å². The zero-order valence-electron chi connectivity index (χ0n) is 14.1. The summed E-state index contributed by atoms with van der Waals surface area (Å²) < 4.78 is 0. The van der Waals surface area contributed by atoms with Gasteiger partial charge in [-0.1, -0.05) is 95.5 Å². The summed E-state index contributed by atoms with van der Waals surface area (Å²) in [6, 6.07) is 0. The molecule has 0 nitrogen and oxygen atoms in total. The molecule has 110 valence electrons. The molecule has 0 spiro atoms. The first-order valence-corrected chi connectivity index (χ1v) is 7.08. The van der Waals surface area contributed by atoms with Gasteiger partial charge in [0.15, 0.2) is 0 Å². The summed E-state index contributed by atoms with van der Waals surface area (Å²) in [5.74, 6) is 0. The average Bonchev–Trinajstić information content (AvgIpc) is 2.49. The molecule has 0 N–H and O–H groups in total. The molecule has 0 aromatic carbocycles. The molecule has 0 amide bonds. The van der Waals surface area contributed by atoms with Crippen molar-refractivity contribution < 1.29 is 0 Å². The van der Waals surface area contributed by atoms with Crippen molar-refractivity contribution >= 4 is 0 Å². The molecule has 0 aromatic heterocycles. The molecule has 0 aliphatic rings. The van der Waals surface area contributed by atoms with Crippen molar-refractivity contribution in [2.45, 2.75) is 48.5 Å². The van der Waals surface area contributed by atoms with E-state index in [1.807, 2.05) is 91.0 Å². The van der Waals surface area contributed by atoms with Gasteiger partial charge in [-0.05, 0) is 26.3 Å². The Morgan fingerprint density at radius 1 is 0.684 bits per heavy atom. The summed E-state index contributed by atoms with van der Waals surface area (Å²) in [6.45, 7) is 21.2. The van der Waals surface area contributed by atoms with Crippen LogP contribution in [0.25, 0.3) is 0 Å². The van der Waals surface area contributed by atoms with Gasteiger partial charge in [-0.2, -0.15) is 0 Å². The van der Waals surface area contributed by atoms with Crippen LogP contribution >= 0.6 is 0 Å². The summed E-state index contributed by atoms with van der Waals surface area (Å²) >= 11 is 0. The van der Waals surface area contributed by atoms with Gasteiger partial charge in [0.05, 0.1) is 0 Å². The monoisotopic (exact) mass is 262 g/mol. The van der Waals surface area contributed by atoms with E-state index in [0.717, 1.165) is 5.57 Å². The van der Waals surface area contributed by atoms with Gasteiger partial charge in [0.25, 0.3) is 0 Å². The second-order valence-electron chi connectivity index (χ2n) is 2.66. The molecule has 0 saturated heterocycles. The van der Waals surface area contributed by atoms with E-state index >= 15 is 0 Å². The van der Waals surface area contributed by atoms with E-state index in [-0.39, 0.29) is 0 Å². The molecule has 0 unspecified atom stereocenters. The Hall–Kier alpha value is -1.56. The van der Waals surface area contributed by atoms with Gasteiger partial charge < -0.3 is 0 Å². The minimum Gasteiger partial charge on any atom is -0.0991 e.